The van der Waals surface area contributed by atoms with Crippen molar-refractivity contribution in [3.63, 3.8) is 0 Å². The van der Waals surface area contributed by atoms with E-state index in [1.54, 1.807) is 50.4 Å². The molecule has 0 spiro atoms. The molecular formula is C27H25N5O6S2. The fourth-order valence-corrected chi connectivity index (χ4v) is 5.41. The zero-order valence-electron chi connectivity index (χ0n) is 21.4. The number of nitriles is 1. The standard InChI is InChI=1S/C27H25N5O6S2/c1-16-24(26(34)32-18-7-11-20(12-8-18)40(29,35)36)25(22-4-3-13-38-22)21(14-28)27(30-16)39-15-23(33)31-17-5-9-19(37-2)10-6-17/h3-13,25,30H,15H2,1-2H3,(H,31,33)(H,32,34)(H2,29,35,36)/t25-/m1/s1. The predicted octanol–water partition coefficient (Wildman–Crippen LogP) is 3.64. The number of thioether (sulfide) groups is 1. The van der Waals surface area contributed by atoms with Crippen molar-refractivity contribution in [2.45, 2.75) is 17.7 Å². The van der Waals surface area contributed by atoms with Gasteiger partial charge in [-0.1, -0.05) is 11.8 Å². The van der Waals surface area contributed by atoms with Gasteiger partial charge < -0.3 is 25.1 Å². The summed E-state index contributed by atoms with van der Waals surface area (Å²) in [5, 5.41) is 24.3. The van der Waals surface area contributed by atoms with Crippen LogP contribution in [0.3, 0.4) is 0 Å². The van der Waals surface area contributed by atoms with Crippen molar-refractivity contribution >= 4 is 45.0 Å². The lowest BCUT2D eigenvalue weighted by molar-refractivity contribution is -0.114. The second-order valence-corrected chi connectivity index (χ2v) is 11.1. The van der Waals surface area contributed by atoms with Crippen molar-refractivity contribution in [3.8, 4) is 11.8 Å². The minimum atomic E-state index is -3.89. The fraction of sp³-hybridized carbons (Fsp3) is 0.148. The van der Waals surface area contributed by atoms with Gasteiger partial charge in [0.15, 0.2) is 0 Å². The number of hydrogen-bond acceptors (Lipinski definition) is 9. The van der Waals surface area contributed by atoms with Gasteiger partial charge in [0.25, 0.3) is 5.91 Å². The third kappa shape index (κ3) is 6.55. The van der Waals surface area contributed by atoms with Crippen LogP contribution >= 0.6 is 11.8 Å². The Hall–Kier alpha value is -4.51. The number of nitrogens with zero attached hydrogens (tertiary/aromatic N) is 1. The number of hydrogen-bond donors (Lipinski definition) is 4. The molecule has 4 rings (SSSR count). The smallest absolute Gasteiger partial charge is 0.254 e. The predicted molar refractivity (Wildman–Crippen MR) is 150 cm³/mol. The number of amides is 2. The van der Waals surface area contributed by atoms with Gasteiger partial charge in [-0.05, 0) is 67.6 Å². The fourth-order valence-electron chi connectivity index (χ4n) is 4.00. The van der Waals surface area contributed by atoms with E-state index < -0.39 is 21.8 Å². The van der Waals surface area contributed by atoms with Crippen LogP contribution in [-0.2, 0) is 19.6 Å². The van der Waals surface area contributed by atoms with Gasteiger partial charge >= 0.3 is 0 Å². The molecule has 5 N–H and O–H groups in total. The molecule has 0 bridgehead atoms. The van der Waals surface area contributed by atoms with E-state index in [1.807, 2.05) is 0 Å². The molecule has 0 aliphatic carbocycles. The highest BCUT2D eigenvalue weighted by Crippen LogP contribution is 2.41. The molecule has 206 valence electrons. The quantitative estimate of drug-likeness (QED) is 0.295. The molecule has 0 unspecified atom stereocenters. The topological polar surface area (TPSA) is 177 Å². The van der Waals surface area contributed by atoms with Gasteiger partial charge in [-0.25, -0.2) is 13.6 Å². The summed E-state index contributed by atoms with van der Waals surface area (Å²) < 4.78 is 33.8. The van der Waals surface area contributed by atoms with E-state index in [0.29, 0.717) is 33.6 Å². The van der Waals surface area contributed by atoms with Crippen LogP contribution in [0.4, 0.5) is 11.4 Å². The number of nitrogens with one attached hydrogen (secondary N) is 3. The average Bonchev–Trinajstić information content (AvgIpc) is 3.46. The van der Waals surface area contributed by atoms with Gasteiger partial charge in [-0.3, -0.25) is 9.59 Å². The molecule has 2 heterocycles. The molecular weight excluding hydrogens is 554 g/mol. The first-order valence-corrected chi connectivity index (χ1v) is 14.3. The minimum absolute atomic E-state index is 0.00434. The van der Waals surface area contributed by atoms with Crippen LogP contribution in [0.25, 0.3) is 0 Å². The summed E-state index contributed by atoms with van der Waals surface area (Å²) in [6, 6.07) is 17.7. The number of methoxy groups -OCH3 is 1. The maximum atomic E-state index is 13.4. The molecule has 1 aromatic heterocycles. The Morgan fingerprint density at radius 1 is 1.10 bits per heavy atom. The Morgan fingerprint density at radius 2 is 1.75 bits per heavy atom. The van der Waals surface area contributed by atoms with Gasteiger partial charge in [0.2, 0.25) is 15.9 Å². The summed E-state index contributed by atoms with van der Waals surface area (Å²) in [6.45, 7) is 1.68. The largest absolute Gasteiger partial charge is 0.497 e. The third-order valence-electron chi connectivity index (χ3n) is 5.88. The zero-order valence-corrected chi connectivity index (χ0v) is 23.1. The van der Waals surface area contributed by atoms with E-state index >= 15 is 0 Å². The van der Waals surface area contributed by atoms with Crippen molar-refractivity contribution in [3.05, 3.63) is 94.6 Å². The van der Waals surface area contributed by atoms with Crippen LogP contribution in [-0.4, -0.2) is 33.1 Å². The first-order valence-electron chi connectivity index (χ1n) is 11.8. The van der Waals surface area contributed by atoms with E-state index in [4.69, 9.17) is 14.3 Å². The van der Waals surface area contributed by atoms with E-state index in [9.17, 15) is 23.3 Å². The van der Waals surface area contributed by atoms with Crippen molar-refractivity contribution < 1.29 is 27.2 Å². The number of dihydropyridines is 1. The molecule has 0 fully saturated rings. The Bertz CT molecular complexity index is 1620. The number of primary sulfonamides is 1. The first-order chi connectivity index (χ1) is 19.1. The molecule has 0 radical (unpaired) electrons. The van der Waals surface area contributed by atoms with Gasteiger partial charge in [0.1, 0.15) is 11.5 Å². The summed E-state index contributed by atoms with van der Waals surface area (Å²) in [7, 11) is -2.33. The Kier molecular flexibility index (Phi) is 8.64. The maximum absolute atomic E-state index is 13.4. The van der Waals surface area contributed by atoms with E-state index in [0.717, 1.165) is 11.8 Å². The lowest BCUT2D eigenvalue weighted by Crippen LogP contribution is -2.31. The highest BCUT2D eigenvalue weighted by atomic mass is 32.2. The SMILES string of the molecule is COc1ccc(NC(=O)CSC2=C(C#N)[C@H](c3ccco3)C(C(=O)Nc3ccc(S(N)(=O)=O)cc3)=C(C)N2)cc1. The lowest BCUT2D eigenvalue weighted by atomic mass is 9.85. The van der Waals surface area contributed by atoms with Crippen molar-refractivity contribution in [2.24, 2.45) is 5.14 Å². The van der Waals surface area contributed by atoms with Crippen LogP contribution in [0.15, 0.2) is 98.1 Å². The molecule has 1 aliphatic rings. The van der Waals surface area contributed by atoms with Crippen molar-refractivity contribution in [1.82, 2.24) is 5.32 Å². The normalized spacial score (nSPS) is 15.2. The monoisotopic (exact) mass is 579 g/mol. The summed E-state index contributed by atoms with van der Waals surface area (Å²) in [5.74, 6) is -0.636. The number of carbonyl (C=O) groups excluding carboxylic acids is 2. The number of carbonyl (C=O) groups is 2. The highest BCUT2D eigenvalue weighted by Gasteiger charge is 2.36. The van der Waals surface area contributed by atoms with Crippen LogP contribution < -0.4 is 25.8 Å². The molecule has 3 aromatic rings. The molecule has 0 saturated carbocycles. The Labute approximate surface area is 235 Å². The molecule has 2 amide bonds. The van der Waals surface area contributed by atoms with Crippen molar-refractivity contribution in [2.75, 3.05) is 23.5 Å². The minimum Gasteiger partial charge on any atom is -0.497 e. The lowest BCUT2D eigenvalue weighted by Gasteiger charge is -2.28. The number of benzene rings is 2. The number of rotatable bonds is 9. The maximum Gasteiger partial charge on any atom is 0.254 e. The van der Waals surface area contributed by atoms with Crippen LogP contribution in [0.5, 0.6) is 5.75 Å². The molecule has 40 heavy (non-hydrogen) atoms. The Balaban J connectivity index is 1.55. The van der Waals surface area contributed by atoms with Gasteiger partial charge in [0, 0.05) is 17.1 Å². The molecule has 13 heteroatoms. The number of allylic oxidation sites excluding steroid dienone is 2. The number of sulfonamides is 1. The molecule has 11 nitrogen and oxygen atoms in total. The average molecular weight is 580 g/mol. The number of ether oxygens (including phenoxy) is 1. The summed E-state index contributed by atoms with van der Waals surface area (Å²) >= 11 is 1.12. The van der Waals surface area contributed by atoms with E-state index in [2.05, 4.69) is 22.0 Å². The molecule has 1 atom stereocenters. The highest BCUT2D eigenvalue weighted by molar-refractivity contribution is 8.03. The van der Waals surface area contributed by atoms with Crippen molar-refractivity contribution in [1.29, 1.82) is 5.26 Å². The van der Waals surface area contributed by atoms with E-state index in [-0.39, 0.29) is 27.7 Å². The first kappa shape index (κ1) is 28.5. The van der Waals surface area contributed by atoms with Crippen LogP contribution in [0, 0.1) is 11.3 Å². The second kappa shape index (κ2) is 12.1. The van der Waals surface area contributed by atoms with Crippen LogP contribution in [0.2, 0.25) is 0 Å². The summed E-state index contributed by atoms with van der Waals surface area (Å²) in [4.78, 5) is 26.0. The van der Waals surface area contributed by atoms with Gasteiger partial charge in [-0.2, -0.15) is 5.26 Å². The zero-order chi connectivity index (χ0) is 28.9. The molecule has 2 aromatic carbocycles. The molecule has 0 saturated heterocycles. The summed E-state index contributed by atoms with van der Waals surface area (Å²) in [6.07, 6.45) is 1.44. The molecule has 1 aliphatic heterocycles. The van der Waals surface area contributed by atoms with E-state index in [1.165, 1.54) is 30.5 Å². The Morgan fingerprint density at radius 3 is 2.33 bits per heavy atom. The summed E-state index contributed by atoms with van der Waals surface area (Å²) in [5.41, 5.74) is 1.82. The second-order valence-electron chi connectivity index (χ2n) is 8.56. The van der Waals surface area contributed by atoms with Crippen LogP contribution in [0.1, 0.15) is 18.6 Å². The number of nitrogens with two attached hydrogens (primary N) is 1. The number of furan rings is 1. The van der Waals surface area contributed by atoms with Gasteiger partial charge in [-0.15, -0.1) is 0 Å². The number of anilines is 2. The van der Waals surface area contributed by atoms with Gasteiger partial charge in [0.05, 0.1) is 52.2 Å². The third-order valence-corrected chi connectivity index (χ3v) is 7.83.